The molecule has 0 unspecified atom stereocenters. The van der Waals surface area contributed by atoms with Crippen molar-refractivity contribution < 1.29 is 32.5 Å². The van der Waals surface area contributed by atoms with Crippen LogP contribution in [0, 0.1) is 0 Å². The molecule has 2 rings (SSSR count). The first-order chi connectivity index (χ1) is 12.5. The fraction of sp³-hybridized carbons (Fsp3) is 0.250. The van der Waals surface area contributed by atoms with Crippen molar-refractivity contribution in [1.82, 2.24) is 9.78 Å². The number of carboxylic acid groups (broad SMARTS) is 1. The number of carboxylic acids is 1. The highest BCUT2D eigenvalue weighted by molar-refractivity contribution is 6.36. The lowest BCUT2D eigenvalue weighted by Gasteiger charge is -2.15. The Balaban J connectivity index is 2.48. The zero-order chi connectivity index (χ0) is 20.5. The summed E-state index contributed by atoms with van der Waals surface area (Å²) in [6, 6.07) is 2.40. The molecule has 11 heteroatoms. The molecule has 0 spiro atoms. The third-order valence-corrected chi connectivity index (χ3v) is 3.94. The Bertz CT molecular complexity index is 897. The summed E-state index contributed by atoms with van der Waals surface area (Å²) in [6.45, 7) is 4.63. The number of hydrogen-bond acceptors (Lipinski definition) is 4. The summed E-state index contributed by atoms with van der Waals surface area (Å²) in [7, 11) is 1.26. The largest absolute Gasteiger partial charge is 0.479 e. The summed E-state index contributed by atoms with van der Waals surface area (Å²) in [6.07, 6.45) is -4.98. The standard InChI is InChI=1S/C16H13Cl2F3N2O4/c1-4-8-13(16(19,20)21)22-23(3)14(8)27-12-6-11(9(17)5-10(12)18)26-7(2)15(24)25/h4-7H,1H2,2-3H3,(H,24,25)/t7-/m0/s1. The zero-order valence-electron chi connectivity index (χ0n) is 14.0. The Labute approximate surface area is 161 Å². The van der Waals surface area contributed by atoms with E-state index in [9.17, 15) is 18.0 Å². The quantitative estimate of drug-likeness (QED) is 0.703. The van der Waals surface area contributed by atoms with Gasteiger partial charge in [0.1, 0.15) is 5.75 Å². The van der Waals surface area contributed by atoms with E-state index in [4.69, 9.17) is 37.8 Å². The van der Waals surface area contributed by atoms with Crippen LogP contribution in [0.3, 0.4) is 0 Å². The summed E-state index contributed by atoms with van der Waals surface area (Å²) in [4.78, 5) is 10.9. The molecule has 0 bridgehead atoms. The van der Waals surface area contributed by atoms with E-state index in [1.165, 1.54) is 26.1 Å². The molecule has 2 aromatic rings. The molecule has 0 aliphatic rings. The highest BCUT2D eigenvalue weighted by Crippen LogP contribution is 2.41. The Morgan fingerprint density at radius 1 is 1.33 bits per heavy atom. The van der Waals surface area contributed by atoms with Crippen molar-refractivity contribution in [3.05, 3.63) is 40.0 Å². The predicted molar refractivity (Wildman–Crippen MR) is 92.6 cm³/mol. The minimum atomic E-state index is -4.71. The zero-order valence-corrected chi connectivity index (χ0v) is 15.5. The molecular weight excluding hydrogens is 412 g/mol. The van der Waals surface area contributed by atoms with E-state index >= 15 is 0 Å². The second kappa shape index (κ2) is 7.69. The van der Waals surface area contributed by atoms with Crippen LogP contribution in [0.1, 0.15) is 18.2 Å². The summed E-state index contributed by atoms with van der Waals surface area (Å²) in [5, 5.41) is 12.3. The van der Waals surface area contributed by atoms with Gasteiger partial charge in [0, 0.05) is 13.1 Å². The minimum absolute atomic E-state index is 0.00498. The van der Waals surface area contributed by atoms with Gasteiger partial charge >= 0.3 is 12.1 Å². The molecule has 0 amide bonds. The van der Waals surface area contributed by atoms with Crippen LogP contribution < -0.4 is 9.47 Å². The number of carbonyl (C=O) groups is 1. The van der Waals surface area contributed by atoms with E-state index in [0.29, 0.717) is 0 Å². The molecule has 0 saturated carbocycles. The minimum Gasteiger partial charge on any atom is -0.479 e. The van der Waals surface area contributed by atoms with Crippen LogP contribution in [0.15, 0.2) is 18.7 Å². The average molecular weight is 425 g/mol. The summed E-state index contributed by atoms with van der Waals surface area (Å²) < 4.78 is 50.8. The van der Waals surface area contributed by atoms with Crippen molar-refractivity contribution in [3.63, 3.8) is 0 Å². The van der Waals surface area contributed by atoms with Gasteiger partial charge in [-0.05, 0) is 13.0 Å². The molecular formula is C16H13Cl2F3N2O4. The van der Waals surface area contributed by atoms with Crippen molar-refractivity contribution in [3.8, 4) is 17.4 Å². The van der Waals surface area contributed by atoms with Gasteiger partial charge in [0.05, 0.1) is 15.6 Å². The highest BCUT2D eigenvalue weighted by Gasteiger charge is 2.38. The first kappa shape index (κ1) is 20.9. The number of rotatable bonds is 6. The second-order valence-electron chi connectivity index (χ2n) is 5.31. The van der Waals surface area contributed by atoms with Crippen molar-refractivity contribution in [2.75, 3.05) is 0 Å². The fourth-order valence-corrected chi connectivity index (χ4v) is 2.53. The van der Waals surface area contributed by atoms with Crippen molar-refractivity contribution >= 4 is 35.2 Å². The van der Waals surface area contributed by atoms with Gasteiger partial charge in [-0.2, -0.15) is 18.3 Å². The van der Waals surface area contributed by atoms with Gasteiger partial charge in [-0.1, -0.05) is 35.9 Å². The van der Waals surface area contributed by atoms with Crippen LogP contribution in [-0.2, 0) is 18.0 Å². The molecule has 1 atom stereocenters. The predicted octanol–water partition coefficient (Wildman–Crippen LogP) is 5.03. The number of halogens is 5. The lowest BCUT2D eigenvalue weighted by atomic mass is 10.2. The lowest BCUT2D eigenvalue weighted by Crippen LogP contribution is -2.23. The third kappa shape index (κ3) is 4.48. The maximum absolute atomic E-state index is 13.1. The van der Waals surface area contributed by atoms with Crippen LogP contribution in [0.4, 0.5) is 13.2 Å². The van der Waals surface area contributed by atoms with Gasteiger partial charge in [-0.25, -0.2) is 9.48 Å². The number of benzene rings is 1. The first-order valence-corrected chi connectivity index (χ1v) is 8.04. The Morgan fingerprint density at radius 2 is 1.93 bits per heavy atom. The fourth-order valence-electron chi connectivity index (χ4n) is 2.06. The van der Waals surface area contributed by atoms with Crippen LogP contribution in [-0.4, -0.2) is 27.0 Å². The van der Waals surface area contributed by atoms with Gasteiger partial charge in [0.15, 0.2) is 17.5 Å². The van der Waals surface area contributed by atoms with E-state index in [1.54, 1.807) is 0 Å². The molecule has 146 valence electrons. The number of hydrogen-bond donors (Lipinski definition) is 1. The Kier molecular flexibility index (Phi) is 5.96. The Morgan fingerprint density at radius 3 is 2.44 bits per heavy atom. The van der Waals surface area contributed by atoms with E-state index < -0.39 is 23.9 Å². The van der Waals surface area contributed by atoms with Crippen molar-refractivity contribution in [1.29, 1.82) is 0 Å². The number of aromatic nitrogens is 2. The normalized spacial score (nSPS) is 12.6. The molecule has 1 aromatic heterocycles. The van der Waals surface area contributed by atoms with Gasteiger partial charge in [0.2, 0.25) is 5.88 Å². The van der Waals surface area contributed by atoms with E-state index in [1.807, 2.05) is 0 Å². The third-order valence-electron chi connectivity index (χ3n) is 3.35. The van der Waals surface area contributed by atoms with Crippen molar-refractivity contribution in [2.24, 2.45) is 7.05 Å². The number of ether oxygens (including phenoxy) is 2. The summed E-state index contributed by atoms with van der Waals surface area (Å²) in [5.41, 5.74) is -1.55. The molecule has 1 N–H and O–H groups in total. The SMILES string of the molecule is C=Cc1c(C(F)(F)F)nn(C)c1Oc1cc(O[C@@H](C)C(=O)O)c(Cl)cc1Cl. The summed E-state index contributed by atoms with van der Waals surface area (Å²) in [5.74, 6) is -1.67. The number of aryl methyl sites for hydroxylation is 1. The van der Waals surface area contributed by atoms with E-state index in [-0.39, 0.29) is 33.0 Å². The molecule has 27 heavy (non-hydrogen) atoms. The molecule has 0 aliphatic carbocycles. The van der Waals surface area contributed by atoms with Crippen LogP contribution >= 0.6 is 23.2 Å². The number of aliphatic carboxylic acids is 1. The van der Waals surface area contributed by atoms with Crippen LogP contribution in [0.25, 0.3) is 6.08 Å². The topological polar surface area (TPSA) is 73.6 Å². The Hall–Kier alpha value is -2.39. The lowest BCUT2D eigenvalue weighted by molar-refractivity contribution is -0.144. The van der Waals surface area contributed by atoms with Crippen LogP contribution in [0.2, 0.25) is 10.0 Å². The average Bonchev–Trinajstić information content (AvgIpc) is 2.87. The molecule has 0 aliphatic heterocycles. The summed E-state index contributed by atoms with van der Waals surface area (Å²) >= 11 is 12.0. The van der Waals surface area contributed by atoms with Gasteiger partial charge in [-0.15, -0.1) is 0 Å². The molecule has 6 nitrogen and oxygen atoms in total. The monoisotopic (exact) mass is 424 g/mol. The molecule has 0 radical (unpaired) electrons. The second-order valence-corrected chi connectivity index (χ2v) is 6.12. The van der Waals surface area contributed by atoms with Gasteiger partial charge in [-0.3, -0.25) is 0 Å². The van der Waals surface area contributed by atoms with Gasteiger partial charge in [0.25, 0.3) is 0 Å². The van der Waals surface area contributed by atoms with E-state index in [2.05, 4.69) is 11.7 Å². The maximum atomic E-state index is 13.1. The number of alkyl halides is 3. The van der Waals surface area contributed by atoms with Crippen LogP contribution in [0.5, 0.6) is 17.4 Å². The molecule has 1 heterocycles. The smallest absolute Gasteiger partial charge is 0.435 e. The van der Waals surface area contributed by atoms with Gasteiger partial charge < -0.3 is 14.6 Å². The van der Waals surface area contributed by atoms with E-state index in [0.717, 1.165) is 10.8 Å². The maximum Gasteiger partial charge on any atom is 0.435 e. The number of nitrogens with zero attached hydrogens (tertiary/aromatic N) is 2. The first-order valence-electron chi connectivity index (χ1n) is 7.28. The molecule has 1 aromatic carbocycles. The molecule has 0 fully saturated rings. The molecule has 0 saturated heterocycles. The highest BCUT2D eigenvalue weighted by atomic mass is 35.5. The van der Waals surface area contributed by atoms with Crippen molar-refractivity contribution in [2.45, 2.75) is 19.2 Å².